The Labute approximate surface area is 147 Å². The molecule has 0 aliphatic heterocycles. The minimum absolute atomic E-state index is 0.0820. The van der Waals surface area contributed by atoms with Gasteiger partial charge in [0.1, 0.15) is 23.2 Å². The highest BCUT2D eigenvalue weighted by Crippen LogP contribution is 2.19. The van der Waals surface area contributed by atoms with Crippen molar-refractivity contribution in [1.29, 1.82) is 0 Å². The molecule has 0 aliphatic rings. The first-order valence-corrected chi connectivity index (χ1v) is 7.63. The number of rotatable bonds is 5. The van der Waals surface area contributed by atoms with Gasteiger partial charge < -0.3 is 10.1 Å². The third kappa shape index (κ3) is 4.38. The Morgan fingerprint density at radius 3 is 2.38 bits per heavy atom. The van der Waals surface area contributed by atoms with E-state index >= 15 is 0 Å². The van der Waals surface area contributed by atoms with Gasteiger partial charge in [-0.1, -0.05) is 6.07 Å². The summed E-state index contributed by atoms with van der Waals surface area (Å²) in [6, 6.07) is 11.4. The zero-order chi connectivity index (χ0) is 18.5. The summed E-state index contributed by atoms with van der Waals surface area (Å²) in [7, 11) is 0. The van der Waals surface area contributed by atoms with E-state index in [0.717, 1.165) is 18.2 Å². The van der Waals surface area contributed by atoms with E-state index in [4.69, 9.17) is 4.74 Å². The molecule has 1 N–H and O–H groups in total. The Bertz CT molecular complexity index is 913. The van der Waals surface area contributed by atoms with Gasteiger partial charge in [-0.3, -0.25) is 4.79 Å². The lowest BCUT2D eigenvalue weighted by Crippen LogP contribution is -2.24. The number of nitrogens with one attached hydrogen (secondary N) is 1. The van der Waals surface area contributed by atoms with Crippen molar-refractivity contribution in [3.8, 4) is 11.6 Å². The van der Waals surface area contributed by atoms with E-state index in [1.54, 1.807) is 12.1 Å². The van der Waals surface area contributed by atoms with Crippen LogP contribution in [0.15, 0.2) is 60.8 Å². The van der Waals surface area contributed by atoms with Crippen molar-refractivity contribution in [1.82, 2.24) is 10.3 Å². The van der Waals surface area contributed by atoms with Crippen LogP contribution in [0.3, 0.4) is 0 Å². The van der Waals surface area contributed by atoms with Gasteiger partial charge in [0.05, 0.1) is 5.56 Å². The quantitative estimate of drug-likeness (QED) is 0.743. The van der Waals surface area contributed by atoms with Crippen LogP contribution in [-0.4, -0.2) is 10.9 Å². The fraction of sp³-hybridized carbons (Fsp3) is 0.0526. The average molecular weight is 358 g/mol. The standard InChI is InChI=1S/C19H13F3N2O2/c20-13-2-5-15(6-3-13)26-18-8-1-12(10-23-18)11-24-19(25)16-9-14(21)4-7-17(16)22/h1-10H,11H2,(H,24,25). The highest BCUT2D eigenvalue weighted by Gasteiger charge is 2.12. The van der Waals surface area contributed by atoms with Crippen molar-refractivity contribution in [2.45, 2.75) is 6.54 Å². The first-order chi connectivity index (χ1) is 12.5. The molecule has 0 saturated carbocycles. The van der Waals surface area contributed by atoms with Crippen LogP contribution in [0.25, 0.3) is 0 Å². The van der Waals surface area contributed by atoms with Crippen LogP contribution < -0.4 is 10.1 Å². The summed E-state index contributed by atoms with van der Waals surface area (Å²) in [4.78, 5) is 16.0. The van der Waals surface area contributed by atoms with E-state index < -0.39 is 17.5 Å². The second-order valence-corrected chi connectivity index (χ2v) is 5.37. The predicted octanol–water partition coefficient (Wildman–Crippen LogP) is 4.22. The lowest BCUT2D eigenvalue weighted by molar-refractivity contribution is 0.0946. The number of nitrogens with zero attached hydrogens (tertiary/aromatic N) is 1. The number of amides is 1. The van der Waals surface area contributed by atoms with Crippen molar-refractivity contribution < 1.29 is 22.7 Å². The molecule has 4 nitrogen and oxygen atoms in total. The molecule has 0 saturated heterocycles. The fourth-order valence-corrected chi connectivity index (χ4v) is 2.15. The van der Waals surface area contributed by atoms with Crippen LogP contribution in [-0.2, 0) is 6.54 Å². The molecular weight excluding hydrogens is 345 g/mol. The third-order valence-electron chi connectivity index (χ3n) is 3.46. The highest BCUT2D eigenvalue weighted by molar-refractivity contribution is 5.94. The molecule has 3 rings (SSSR count). The van der Waals surface area contributed by atoms with E-state index in [1.807, 2.05) is 0 Å². The first kappa shape index (κ1) is 17.5. The zero-order valence-electron chi connectivity index (χ0n) is 13.4. The summed E-state index contributed by atoms with van der Waals surface area (Å²) in [5, 5.41) is 2.49. The normalized spacial score (nSPS) is 10.4. The SMILES string of the molecule is O=C(NCc1ccc(Oc2ccc(F)cc2)nc1)c1cc(F)ccc1F. The number of halogens is 3. The minimum Gasteiger partial charge on any atom is -0.439 e. The van der Waals surface area contributed by atoms with Gasteiger partial charge in [0.25, 0.3) is 5.91 Å². The maximum atomic E-state index is 13.6. The van der Waals surface area contributed by atoms with Gasteiger partial charge in [-0.15, -0.1) is 0 Å². The number of carbonyl (C=O) groups is 1. The van der Waals surface area contributed by atoms with Gasteiger partial charge in [-0.25, -0.2) is 18.2 Å². The van der Waals surface area contributed by atoms with Crippen molar-refractivity contribution >= 4 is 5.91 Å². The fourth-order valence-electron chi connectivity index (χ4n) is 2.15. The molecule has 1 amide bonds. The zero-order valence-corrected chi connectivity index (χ0v) is 13.4. The average Bonchev–Trinajstić information content (AvgIpc) is 2.65. The number of aromatic nitrogens is 1. The molecule has 132 valence electrons. The number of carbonyl (C=O) groups excluding carboxylic acids is 1. The van der Waals surface area contributed by atoms with E-state index in [-0.39, 0.29) is 17.9 Å². The Hall–Kier alpha value is -3.35. The number of benzene rings is 2. The van der Waals surface area contributed by atoms with Crippen LogP contribution in [0.5, 0.6) is 11.6 Å². The molecule has 1 heterocycles. The Kier molecular flexibility index (Phi) is 5.17. The predicted molar refractivity (Wildman–Crippen MR) is 88.2 cm³/mol. The molecule has 0 fully saturated rings. The lowest BCUT2D eigenvalue weighted by atomic mass is 10.2. The second-order valence-electron chi connectivity index (χ2n) is 5.37. The summed E-state index contributed by atoms with van der Waals surface area (Å²) < 4.78 is 45.0. The monoisotopic (exact) mass is 358 g/mol. The van der Waals surface area contributed by atoms with Crippen molar-refractivity contribution in [2.24, 2.45) is 0 Å². The van der Waals surface area contributed by atoms with Crippen LogP contribution in [0.1, 0.15) is 15.9 Å². The summed E-state index contributed by atoms with van der Waals surface area (Å²) in [6.07, 6.45) is 1.47. The molecular formula is C19H13F3N2O2. The third-order valence-corrected chi connectivity index (χ3v) is 3.46. The molecule has 3 aromatic rings. The largest absolute Gasteiger partial charge is 0.439 e. The van der Waals surface area contributed by atoms with Crippen LogP contribution in [0.2, 0.25) is 0 Å². The van der Waals surface area contributed by atoms with Crippen molar-refractivity contribution in [3.05, 3.63) is 89.4 Å². The molecule has 1 aromatic heterocycles. The molecule has 0 bridgehead atoms. The maximum absolute atomic E-state index is 13.6. The Balaban J connectivity index is 1.59. The molecule has 0 spiro atoms. The van der Waals surface area contributed by atoms with Crippen molar-refractivity contribution in [2.75, 3.05) is 0 Å². The summed E-state index contributed by atoms with van der Waals surface area (Å²) in [5.74, 6) is -1.87. The van der Waals surface area contributed by atoms with Gasteiger partial charge in [0.15, 0.2) is 0 Å². The van der Waals surface area contributed by atoms with Gasteiger partial charge in [-0.05, 0) is 48.0 Å². The van der Waals surface area contributed by atoms with Crippen LogP contribution in [0.4, 0.5) is 13.2 Å². The van der Waals surface area contributed by atoms with Gasteiger partial charge >= 0.3 is 0 Å². The number of ether oxygens (including phenoxy) is 1. The lowest BCUT2D eigenvalue weighted by Gasteiger charge is -2.08. The molecule has 0 aliphatic carbocycles. The molecule has 0 unspecified atom stereocenters. The topological polar surface area (TPSA) is 51.2 Å². The summed E-state index contributed by atoms with van der Waals surface area (Å²) in [6.45, 7) is 0.0820. The van der Waals surface area contributed by atoms with Crippen LogP contribution in [0, 0.1) is 17.5 Å². The number of pyridine rings is 1. The van der Waals surface area contributed by atoms with Gasteiger partial charge in [0.2, 0.25) is 5.88 Å². The number of hydrogen-bond acceptors (Lipinski definition) is 3. The second kappa shape index (κ2) is 7.69. The molecule has 26 heavy (non-hydrogen) atoms. The maximum Gasteiger partial charge on any atom is 0.254 e. The molecule has 0 radical (unpaired) electrons. The van der Waals surface area contributed by atoms with E-state index in [2.05, 4.69) is 10.3 Å². The first-order valence-electron chi connectivity index (χ1n) is 7.63. The molecule has 2 aromatic carbocycles. The van der Waals surface area contributed by atoms with E-state index in [0.29, 0.717) is 17.2 Å². The molecule has 7 heteroatoms. The summed E-state index contributed by atoms with van der Waals surface area (Å²) in [5.41, 5.74) is 0.274. The van der Waals surface area contributed by atoms with E-state index in [1.165, 1.54) is 30.5 Å². The Morgan fingerprint density at radius 2 is 1.69 bits per heavy atom. The van der Waals surface area contributed by atoms with Gasteiger partial charge in [0, 0.05) is 18.8 Å². The smallest absolute Gasteiger partial charge is 0.254 e. The van der Waals surface area contributed by atoms with E-state index in [9.17, 15) is 18.0 Å². The van der Waals surface area contributed by atoms with Crippen molar-refractivity contribution in [3.63, 3.8) is 0 Å². The summed E-state index contributed by atoms with van der Waals surface area (Å²) >= 11 is 0. The minimum atomic E-state index is -0.801. The number of hydrogen-bond donors (Lipinski definition) is 1. The van der Waals surface area contributed by atoms with Crippen LogP contribution >= 0.6 is 0 Å². The molecule has 0 atom stereocenters. The van der Waals surface area contributed by atoms with Gasteiger partial charge in [-0.2, -0.15) is 0 Å². The Morgan fingerprint density at radius 1 is 0.962 bits per heavy atom. The highest BCUT2D eigenvalue weighted by atomic mass is 19.1.